The van der Waals surface area contributed by atoms with E-state index in [2.05, 4.69) is 0 Å². The van der Waals surface area contributed by atoms with Crippen molar-refractivity contribution in [2.75, 3.05) is 7.11 Å². The molecule has 2 rings (SSSR count). The second-order valence-corrected chi connectivity index (χ2v) is 5.93. The zero-order valence-corrected chi connectivity index (χ0v) is 14.4. The van der Waals surface area contributed by atoms with Crippen LogP contribution in [0.1, 0.15) is 25.0 Å². The molecular weight excluding hydrogens is 304 g/mol. The number of rotatable bonds is 8. The fraction of sp³-hybridized carbons (Fsp3) is 0.350. The Balaban J connectivity index is 2.05. The fourth-order valence-corrected chi connectivity index (χ4v) is 2.38. The van der Waals surface area contributed by atoms with Gasteiger partial charge in [0.2, 0.25) is 0 Å². The van der Waals surface area contributed by atoms with Crippen LogP contribution in [0.2, 0.25) is 0 Å². The SMILES string of the molecule is COc1cc(C[C@@H](O)[C@H](C)C(C)=O)ccc1OCc1ccccc1. The molecule has 0 radical (unpaired) electrons. The molecule has 2 aromatic rings. The van der Waals surface area contributed by atoms with Gasteiger partial charge in [-0.2, -0.15) is 0 Å². The van der Waals surface area contributed by atoms with E-state index < -0.39 is 6.10 Å². The van der Waals surface area contributed by atoms with Crippen molar-refractivity contribution in [2.45, 2.75) is 33.0 Å². The maximum Gasteiger partial charge on any atom is 0.161 e. The van der Waals surface area contributed by atoms with Crippen molar-refractivity contribution in [1.82, 2.24) is 0 Å². The minimum Gasteiger partial charge on any atom is -0.493 e. The van der Waals surface area contributed by atoms with E-state index in [1.165, 1.54) is 6.92 Å². The molecule has 0 aliphatic rings. The van der Waals surface area contributed by atoms with Crippen molar-refractivity contribution in [1.29, 1.82) is 0 Å². The standard InChI is InChI=1S/C20H24O4/c1-14(15(2)21)18(22)11-17-9-10-19(20(12-17)23-3)24-13-16-7-5-4-6-8-16/h4-10,12,14,18,22H,11,13H2,1-3H3/t14-,18-/m1/s1. The summed E-state index contributed by atoms with van der Waals surface area (Å²) in [6.07, 6.45) is -0.306. The van der Waals surface area contributed by atoms with Crippen LogP contribution >= 0.6 is 0 Å². The maximum absolute atomic E-state index is 11.4. The zero-order valence-electron chi connectivity index (χ0n) is 14.4. The van der Waals surface area contributed by atoms with Crippen LogP contribution in [0.4, 0.5) is 0 Å². The summed E-state index contributed by atoms with van der Waals surface area (Å²) in [5.74, 6) is 0.868. The van der Waals surface area contributed by atoms with Gasteiger partial charge in [0.25, 0.3) is 0 Å². The van der Waals surface area contributed by atoms with Gasteiger partial charge in [-0.25, -0.2) is 0 Å². The van der Waals surface area contributed by atoms with E-state index in [9.17, 15) is 9.90 Å². The molecule has 4 nitrogen and oxygen atoms in total. The number of Topliss-reactive ketones (excluding diaryl/α,β-unsaturated/α-hetero) is 1. The summed E-state index contributed by atoms with van der Waals surface area (Å²) in [5, 5.41) is 10.1. The molecule has 0 unspecified atom stereocenters. The number of hydrogen-bond acceptors (Lipinski definition) is 4. The highest BCUT2D eigenvalue weighted by atomic mass is 16.5. The van der Waals surface area contributed by atoms with E-state index in [1.54, 1.807) is 14.0 Å². The molecule has 2 aromatic carbocycles. The van der Waals surface area contributed by atoms with Crippen molar-refractivity contribution < 1.29 is 19.4 Å². The Hall–Kier alpha value is -2.33. The van der Waals surface area contributed by atoms with Crippen molar-refractivity contribution >= 4 is 5.78 Å². The van der Waals surface area contributed by atoms with Crippen molar-refractivity contribution in [3.63, 3.8) is 0 Å². The van der Waals surface area contributed by atoms with Gasteiger partial charge in [-0.15, -0.1) is 0 Å². The Labute approximate surface area is 143 Å². The normalized spacial score (nSPS) is 13.2. The number of ether oxygens (including phenoxy) is 2. The summed E-state index contributed by atoms with van der Waals surface area (Å²) < 4.78 is 11.2. The van der Waals surface area contributed by atoms with Gasteiger partial charge >= 0.3 is 0 Å². The Kier molecular flexibility index (Phi) is 6.38. The van der Waals surface area contributed by atoms with Crippen LogP contribution in [0.5, 0.6) is 11.5 Å². The molecule has 0 saturated carbocycles. The summed E-state index contributed by atoms with van der Waals surface area (Å²) in [5.41, 5.74) is 1.98. The van der Waals surface area contributed by atoms with Crippen LogP contribution < -0.4 is 9.47 Å². The summed E-state index contributed by atoms with van der Waals surface area (Å²) in [6, 6.07) is 15.5. The third-order valence-electron chi connectivity index (χ3n) is 4.13. The lowest BCUT2D eigenvalue weighted by Crippen LogP contribution is -2.25. The van der Waals surface area contributed by atoms with Crippen LogP contribution in [-0.2, 0) is 17.8 Å². The van der Waals surface area contributed by atoms with Crippen molar-refractivity contribution in [3.05, 3.63) is 59.7 Å². The molecule has 0 saturated heterocycles. The number of methoxy groups -OCH3 is 1. The first-order valence-electron chi connectivity index (χ1n) is 8.03. The van der Waals surface area contributed by atoms with Gasteiger partial charge in [0.1, 0.15) is 12.4 Å². The summed E-state index contributed by atoms with van der Waals surface area (Å²) in [6.45, 7) is 3.69. The average molecular weight is 328 g/mol. The fourth-order valence-electron chi connectivity index (χ4n) is 2.38. The number of ketones is 1. The topological polar surface area (TPSA) is 55.8 Å². The Morgan fingerprint density at radius 1 is 1.08 bits per heavy atom. The van der Waals surface area contributed by atoms with E-state index in [-0.39, 0.29) is 11.7 Å². The van der Waals surface area contributed by atoms with Gasteiger partial charge in [0, 0.05) is 5.92 Å². The second-order valence-electron chi connectivity index (χ2n) is 5.93. The largest absolute Gasteiger partial charge is 0.493 e. The Morgan fingerprint density at radius 2 is 1.79 bits per heavy atom. The first-order chi connectivity index (χ1) is 11.5. The minimum atomic E-state index is -0.705. The molecule has 0 bridgehead atoms. The molecule has 0 aliphatic heterocycles. The predicted molar refractivity (Wildman–Crippen MR) is 93.3 cm³/mol. The molecule has 0 aliphatic carbocycles. The third kappa shape index (κ3) is 4.83. The van der Waals surface area contributed by atoms with E-state index >= 15 is 0 Å². The van der Waals surface area contributed by atoms with Crippen LogP contribution in [-0.4, -0.2) is 24.1 Å². The zero-order chi connectivity index (χ0) is 17.5. The molecule has 4 heteroatoms. The summed E-state index contributed by atoms with van der Waals surface area (Å²) in [7, 11) is 1.59. The van der Waals surface area contributed by atoms with Crippen LogP contribution in [0.3, 0.4) is 0 Å². The molecule has 1 N–H and O–H groups in total. The van der Waals surface area contributed by atoms with E-state index in [1.807, 2.05) is 48.5 Å². The van der Waals surface area contributed by atoms with Gasteiger partial charge in [-0.05, 0) is 36.6 Å². The van der Waals surface area contributed by atoms with E-state index in [4.69, 9.17) is 9.47 Å². The summed E-state index contributed by atoms with van der Waals surface area (Å²) >= 11 is 0. The molecule has 128 valence electrons. The molecule has 0 fully saturated rings. The van der Waals surface area contributed by atoms with Gasteiger partial charge in [-0.3, -0.25) is 4.79 Å². The van der Waals surface area contributed by atoms with Gasteiger partial charge in [0.05, 0.1) is 13.2 Å². The highest BCUT2D eigenvalue weighted by Crippen LogP contribution is 2.29. The van der Waals surface area contributed by atoms with Crippen LogP contribution in [0.25, 0.3) is 0 Å². The monoisotopic (exact) mass is 328 g/mol. The van der Waals surface area contributed by atoms with E-state index in [0.29, 0.717) is 24.5 Å². The van der Waals surface area contributed by atoms with Crippen molar-refractivity contribution in [3.8, 4) is 11.5 Å². The maximum atomic E-state index is 11.4. The lowest BCUT2D eigenvalue weighted by atomic mass is 9.95. The lowest BCUT2D eigenvalue weighted by molar-refractivity contribution is -0.123. The second kappa shape index (κ2) is 8.50. The number of benzene rings is 2. The molecule has 0 heterocycles. The van der Waals surface area contributed by atoms with Crippen molar-refractivity contribution in [2.24, 2.45) is 5.92 Å². The highest BCUT2D eigenvalue weighted by molar-refractivity contribution is 5.78. The number of aliphatic hydroxyl groups is 1. The molecule has 0 aromatic heterocycles. The smallest absolute Gasteiger partial charge is 0.161 e. The van der Waals surface area contributed by atoms with E-state index in [0.717, 1.165) is 11.1 Å². The summed E-state index contributed by atoms with van der Waals surface area (Å²) in [4.78, 5) is 11.4. The van der Waals surface area contributed by atoms with Crippen LogP contribution in [0, 0.1) is 5.92 Å². The first-order valence-corrected chi connectivity index (χ1v) is 8.03. The number of aliphatic hydroxyl groups excluding tert-OH is 1. The minimum absolute atomic E-state index is 0.0164. The molecule has 24 heavy (non-hydrogen) atoms. The van der Waals surface area contributed by atoms with Crippen LogP contribution in [0.15, 0.2) is 48.5 Å². The number of carbonyl (C=O) groups is 1. The molecule has 0 amide bonds. The number of hydrogen-bond donors (Lipinski definition) is 1. The average Bonchev–Trinajstić information content (AvgIpc) is 2.60. The molecular formula is C20H24O4. The molecule has 2 atom stereocenters. The third-order valence-corrected chi connectivity index (χ3v) is 4.13. The number of carbonyl (C=O) groups excluding carboxylic acids is 1. The van der Waals surface area contributed by atoms with Gasteiger partial charge in [0.15, 0.2) is 11.5 Å². The lowest BCUT2D eigenvalue weighted by Gasteiger charge is -2.17. The van der Waals surface area contributed by atoms with Gasteiger partial charge < -0.3 is 14.6 Å². The first kappa shape index (κ1) is 18.0. The van der Waals surface area contributed by atoms with Gasteiger partial charge in [-0.1, -0.05) is 43.3 Å². The Morgan fingerprint density at radius 3 is 2.42 bits per heavy atom. The predicted octanol–water partition coefficient (Wildman–Crippen LogP) is 3.40. The highest BCUT2D eigenvalue weighted by Gasteiger charge is 2.19. The molecule has 0 spiro atoms. The quantitative estimate of drug-likeness (QED) is 0.807. The Bertz CT molecular complexity index is 667.